The monoisotopic (exact) mass is 287 g/mol. The fourth-order valence-electron chi connectivity index (χ4n) is 4.01. The molecule has 2 heterocycles. The van der Waals surface area contributed by atoms with Crippen LogP contribution in [-0.4, -0.2) is 24.6 Å². The van der Waals surface area contributed by atoms with Crippen LogP contribution in [0.1, 0.15) is 57.7 Å². The molecule has 0 spiro atoms. The number of aromatic nitrogens is 1. The maximum Gasteiger partial charge on any atom is 0.0574 e. The highest BCUT2D eigenvalue weighted by atomic mass is 15.2. The molecule has 1 aromatic heterocycles. The van der Waals surface area contributed by atoms with E-state index < -0.39 is 0 Å². The van der Waals surface area contributed by atoms with E-state index in [4.69, 9.17) is 4.98 Å². The van der Waals surface area contributed by atoms with Crippen molar-refractivity contribution in [2.75, 3.05) is 24.5 Å². The minimum Gasteiger partial charge on any atom is -0.370 e. The summed E-state index contributed by atoms with van der Waals surface area (Å²) < 4.78 is 0. The SMILES string of the molecule is CCCNC(CC)c1ccc(N2CC3CCCC3C2)cn1. The van der Waals surface area contributed by atoms with Crippen molar-refractivity contribution in [1.82, 2.24) is 10.3 Å². The summed E-state index contributed by atoms with van der Waals surface area (Å²) in [6.07, 6.45) is 8.68. The van der Waals surface area contributed by atoms with Gasteiger partial charge in [-0.15, -0.1) is 0 Å². The van der Waals surface area contributed by atoms with Crippen LogP contribution in [0.3, 0.4) is 0 Å². The summed E-state index contributed by atoms with van der Waals surface area (Å²) in [4.78, 5) is 7.28. The van der Waals surface area contributed by atoms with E-state index in [2.05, 4.69) is 42.4 Å². The first-order chi connectivity index (χ1) is 10.3. The van der Waals surface area contributed by atoms with E-state index in [1.54, 1.807) is 0 Å². The largest absolute Gasteiger partial charge is 0.370 e. The number of nitrogens with one attached hydrogen (secondary N) is 1. The van der Waals surface area contributed by atoms with E-state index in [1.807, 2.05) is 0 Å². The normalized spacial score (nSPS) is 26.1. The summed E-state index contributed by atoms with van der Waals surface area (Å²) >= 11 is 0. The van der Waals surface area contributed by atoms with E-state index >= 15 is 0 Å². The zero-order valence-electron chi connectivity index (χ0n) is 13.5. The molecule has 116 valence electrons. The summed E-state index contributed by atoms with van der Waals surface area (Å²) in [5.41, 5.74) is 2.51. The van der Waals surface area contributed by atoms with Crippen molar-refractivity contribution in [1.29, 1.82) is 0 Å². The van der Waals surface area contributed by atoms with Crippen LogP contribution in [0, 0.1) is 11.8 Å². The summed E-state index contributed by atoms with van der Waals surface area (Å²) in [7, 11) is 0. The number of fused-ring (bicyclic) bond motifs is 1. The van der Waals surface area contributed by atoms with E-state index in [0.717, 1.165) is 24.8 Å². The van der Waals surface area contributed by atoms with Crippen molar-refractivity contribution in [2.45, 2.75) is 52.0 Å². The minimum absolute atomic E-state index is 0.400. The highest BCUT2D eigenvalue weighted by Gasteiger charge is 2.36. The van der Waals surface area contributed by atoms with Crippen molar-refractivity contribution in [3.8, 4) is 0 Å². The molecule has 2 fully saturated rings. The second kappa shape index (κ2) is 6.78. The highest BCUT2D eigenvalue weighted by Crippen LogP contribution is 2.39. The van der Waals surface area contributed by atoms with Gasteiger partial charge >= 0.3 is 0 Å². The Morgan fingerprint density at radius 2 is 2.00 bits per heavy atom. The zero-order chi connectivity index (χ0) is 14.7. The topological polar surface area (TPSA) is 28.2 Å². The maximum atomic E-state index is 4.74. The van der Waals surface area contributed by atoms with Crippen molar-refractivity contribution in [2.24, 2.45) is 11.8 Å². The smallest absolute Gasteiger partial charge is 0.0574 e. The first-order valence-electron chi connectivity index (χ1n) is 8.76. The average molecular weight is 287 g/mol. The Hall–Kier alpha value is -1.09. The molecule has 0 bridgehead atoms. The number of anilines is 1. The number of hydrogen-bond acceptors (Lipinski definition) is 3. The van der Waals surface area contributed by atoms with Gasteiger partial charge in [-0.05, 0) is 56.2 Å². The highest BCUT2D eigenvalue weighted by molar-refractivity contribution is 5.46. The second-order valence-electron chi connectivity index (χ2n) is 6.71. The summed E-state index contributed by atoms with van der Waals surface area (Å²) in [6, 6.07) is 4.90. The molecule has 2 aliphatic rings. The third kappa shape index (κ3) is 3.23. The van der Waals surface area contributed by atoms with Gasteiger partial charge in [-0.1, -0.05) is 20.3 Å². The number of hydrogen-bond donors (Lipinski definition) is 1. The molecule has 0 radical (unpaired) electrons. The van der Waals surface area contributed by atoms with Gasteiger partial charge in [0, 0.05) is 19.1 Å². The molecular weight excluding hydrogens is 258 g/mol. The number of pyridine rings is 1. The van der Waals surface area contributed by atoms with E-state index in [1.165, 1.54) is 50.2 Å². The van der Waals surface area contributed by atoms with Crippen LogP contribution in [0.4, 0.5) is 5.69 Å². The Labute approximate surface area is 129 Å². The van der Waals surface area contributed by atoms with Crippen molar-refractivity contribution in [3.63, 3.8) is 0 Å². The first-order valence-corrected chi connectivity index (χ1v) is 8.76. The maximum absolute atomic E-state index is 4.74. The van der Waals surface area contributed by atoms with Crippen LogP contribution in [0.25, 0.3) is 0 Å². The van der Waals surface area contributed by atoms with Crippen LogP contribution in [-0.2, 0) is 0 Å². The minimum atomic E-state index is 0.400. The molecule has 0 aromatic carbocycles. The molecule has 3 heteroatoms. The van der Waals surface area contributed by atoms with Crippen molar-refractivity contribution in [3.05, 3.63) is 24.0 Å². The Balaban J connectivity index is 1.63. The lowest BCUT2D eigenvalue weighted by Crippen LogP contribution is -2.23. The summed E-state index contributed by atoms with van der Waals surface area (Å²) in [5.74, 6) is 1.89. The molecule has 1 aromatic rings. The predicted molar refractivity (Wildman–Crippen MR) is 88.6 cm³/mol. The lowest BCUT2D eigenvalue weighted by Gasteiger charge is -2.21. The van der Waals surface area contributed by atoms with Gasteiger partial charge < -0.3 is 10.2 Å². The van der Waals surface area contributed by atoms with Crippen LogP contribution in [0.5, 0.6) is 0 Å². The van der Waals surface area contributed by atoms with Gasteiger partial charge in [-0.2, -0.15) is 0 Å². The first kappa shape index (κ1) is 14.8. The molecule has 21 heavy (non-hydrogen) atoms. The molecule has 3 unspecified atom stereocenters. The van der Waals surface area contributed by atoms with Crippen LogP contribution < -0.4 is 10.2 Å². The molecular formula is C18H29N3. The summed E-state index contributed by atoms with van der Waals surface area (Å²) in [5, 5.41) is 3.58. The third-order valence-electron chi connectivity index (χ3n) is 5.27. The van der Waals surface area contributed by atoms with Gasteiger partial charge in [0.05, 0.1) is 17.6 Å². The Morgan fingerprint density at radius 3 is 2.57 bits per heavy atom. The van der Waals surface area contributed by atoms with Crippen molar-refractivity contribution >= 4 is 5.69 Å². The lowest BCUT2D eigenvalue weighted by atomic mass is 10.0. The second-order valence-corrected chi connectivity index (χ2v) is 6.71. The molecule has 1 N–H and O–H groups in total. The quantitative estimate of drug-likeness (QED) is 0.863. The van der Waals surface area contributed by atoms with Crippen LogP contribution >= 0.6 is 0 Å². The molecule has 0 amide bonds. The number of nitrogens with zero attached hydrogens (tertiary/aromatic N) is 2. The molecule has 3 nitrogen and oxygen atoms in total. The van der Waals surface area contributed by atoms with E-state index in [0.29, 0.717) is 6.04 Å². The van der Waals surface area contributed by atoms with E-state index in [9.17, 15) is 0 Å². The van der Waals surface area contributed by atoms with Crippen LogP contribution in [0.2, 0.25) is 0 Å². The number of rotatable bonds is 6. The molecule has 1 aliphatic carbocycles. The molecule has 3 rings (SSSR count). The Kier molecular flexibility index (Phi) is 4.79. The Morgan fingerprint density at radius 1 is 1.24 bits per heavy atom. The molecule has 1 saturated heterocycles. The van der Waals surface area contributed by atoms with Gasteiger partial charge in [-0.25, -0.2) is 0 Å². The fourth-order valence-corrected chi connectivity index (χ4v) is 4.01. The van der Waals surface area contributed by atoms with Crippen LogP contribution in [0.15, 0.2) is 18.3 Å². The standard InChI is InChI=1S/C18H29N3/c1-3-10-19-17(4-2)18-9-8-16(11-20-18)21-12-14-6-5-7-15(14)13-21/h8-9,11,14-15,17,19H,3-7,10,12-13H2,1-2H3. The zero-order valence-corrected chi connectivity index (χ0v) is 13.5. The van der Waals surface area contributed by atoms with Gasteiger partial charge in [0.25, 0.3) is 0 Å². The van der Waals surface area contributed by atoms with Gasteiger partial charge in [0.15, 0.2) is 0 Å². The van der Waals surface area contributed by atoms with Crippen molar-refractivity contribution < 1.29 is 0 Å². The van der Waals surface area contributed by atoms with Gasteiger partial charge in [-0.3, -0.25) is 4.98 Å². The third-order valence-corrected chi connectivity index (χ3v) is 5.27. The van der Waals surface area contributed by atoms with Gasteiger partial charge in [0.1, 0.15) is 0 Å². The molecule has 1 saturated carbocycles. The molecule has 1 aliphatic heterocycles. The van der Waals surface area contributed by atoms with E-state index in [-0.39, 0.29) is 0 Å². The summed E-state index contributed by atoms with van der Waals surface area (Å²) in [6.45, 7) is 8.00. The predicted octanol–water partition coefficient (Wildman–Crippen LogP) is 3.77. The van der Waals surface area contributed by atoms with Gasteiger partial charge in [0.2, 0.25) is 0 Å². The average Bonchev–Trinajstić information content (AvgIpc) is 3.10. The fraction of sp³-hybridized carbons (Fsp3) is 0.722. The Bertz CT molecular complexity index is 430. The molecule has 3 atom stereocenters. The lowest BCUT2D eigenvalue weighted by molar-refractivity contribution is 0.494.